The molecule has 0 radical (unpaired) electrons. The SMILES string of the molecule is CC(=O)CCCCCCCCCCCCCCC=O.CN1CC[C@H](O)C1. The predicted octanol–water partition coefficient (Wildman–Crippen LogP) is 4.92. The molecule has 0 unspecified atom stereocenters. The quantitative estimate of drug-likeness (QED) is 0.329. The van der Waals surface area contributed by atoms with Crippen LogP contribution in [0.3, 0.4) is 0 Å². The Bertz CT molecular complexity index is 325. The molecule has 1 aliphatic rings. The van der Waals surface area contributed by atoms with Crippen LogP contribution in [0, 0.1) is 0 Å². The monoisotopic (exact) mass is 369 g/mol. The third-order valence-electron chi connectivity index (χ3n) is 4.97. The van der Waals surface area contributed by atoms with Crippen LogP contribution in [-0.2, 0) is 9.59 Å². The molecular formula is C22H43NO3. The number of hydrogen-bond donors (Lipinski definition) is 1. The lowest BCUT2D eigenvalue weighted by Crippen LogP contribution is -2.15. The summed E-state index contributed by atoms with van der Waals surface area (Å²) >= 11 is 0. The number of aliphatic hydroxyl groups excluding tert-OH is 1. The van der Waals surface area contributed by atoms with E-state index in [1.54, 1.807) is 6.92 Å². The second-order valence-corrected chi connectivity index (χ2v) is 7.85. The van der Waals surface area contributed by atoms with E-state index in [9.17, 15) is 9.59 Å². The third kappa shape index (κ3) is 19.6. The smallest absolute Gasteiger partial charge is 0.129 e. The normalized spacial score (nSPS) is 17.0. The molecule has 1 saturated heterocycles. The van der Waals surface area contributed by atoms with E-state index < -0.39 is 0 Å². The summed E-state index contributed by atoms with van der Waals surface area (Å²) in [4.78, 5) is 23.0. The molecule has 1 fully saturated rings. The Morgan fingerprint density at radius 2 is 1.38 bits per heavy atom. The fourth-order valence-corrected chi connectivity index (χ4v) is 3.28. The largest absolute Gasteiger partial charge is 0.392 e. The summed E-state index contributed by atoms with van der Waals surface area (Å²) in [6.45, 7) is 3.60. The van der Waals surface area contributed by atoms with Gasteiger partial charge in [0.2, 0.25) is 0 Å². The molecule has 0 aromatic carbocycles. The topological polar surface area (TPSA) is 57.6 Å². The van der Waals surface area contributed by atoms with E-state index in [2.05, 4.69) is 4.90 Å². The van der Waals surface area contributed by atoms with Gasteiger partial charge in [-0.25, -0.2) is 0 Å². The number of likely N-dealkylation sites (N-methyl/N-ethyl adjacent to an activating group) is 1. The van der Waals surface area contributed by atoms with Gasteiger partial charge in [0, 0.05) is 25.9 Å². The summed E-state index contributed by atoms with van der Waals surface area (Å²) in [6, 6.07) is 0. The zero-order valence-corrected chi connectivity index (χ0v) is 17.4. The van der Waals surface area contributed by atoms with E-state index in [0.29, 0.717) is 5.78 Å². The summed E-state index contributed by atoms with van der Waals surface area (Å²) in [6.07, 6.45) is 18.7. The predicted molar refractivity (Wildman–Crippen MR) is 110 cm³/mol. The van der Waals surface area contributed by atoms with Crippen molar-refractivity contribution < 1.29 is 14.7 Å². The van der Waals surface area contributed by atoms with Crippen molar-refractivity contribution in [2.75, 3.05) is 20.1 Å². The molecule has 0 amide bonds. The highest BCUT2D eigenvalue weighted by Gasteiger charge is 2.15. The average Bonchev–Trinajstić information content (AvgIpc) is 2.98. The van der Waals surface area contributed by atoms with Crippen LogP contribution in [0.1, 0.15) is 103 Å². The molecule has 4 heteroatoms. The molecule has 0 bridgehead atoms. The molecule has 0 aromatic heterocycles. The molecule has 26 heavy (non-hydrogen) atoms. The van der Waals surface area contributed by atoms with Crippen molar-refractivity contribution in [2.24, 2.45) is 0 Å². The molecule has 1 aliphatic heterocycles. The summed E-state index contributed by atoms with van der Waals surface area (Å²) in [5.41, 5.74) is 0. The van der Waals surface area contributed by atoms with Gasteiger partial charge in [-0.15, -0.1) is 0 Å². The summed E-state index contributed by atoms with van der Waals surface area (Å²) < 4.78 is 0. The molecule has 154 valence electrons. The van der Waals surface area contributed by atoms with Gasteiger partial charge in [-0.2, -0.15) is 0 Å². The molecule has 0 spiro atoms. The summed E-state index contributed by atoms with van der Waals surface area (Å²) in [7, 11) is 2.02. The maximum Gasteiger partial charge on any atom is 0.129 e. The highest BCUT2D eigenvalue weighted by molar-refractivity contribution is 5.75. The van der Waals surface area contributed by atoms with E-state index in [1.807, 2.05) is 7.05 Å². The number of nitrogens with zero attached hydrogens (tertiary/aromatic N) is 1. The number of rotatable bonds is 15. The van der Waals surface area contributed by atoms with Crippen LogP contribution in [0.25, 0.3) is 0 Å². The van der Waals surface area contributed by atoms with Crippen molar-refractivity contribution in [2.45, 2.75) is 109 Å². The van der Waals surface area contributed by atoms with Gasteiger partial charge in [0.15, 0.2) is 0 Å². The second-order valence-electron chi connectivity index (χ2n) is 7.85. The number of unbranched alkanes of at least 4 members (excludes halogenated alkanes) is 12. The van der Waals surface area contributed by atoms with Gasteiger partial charge in [-0.1, -0.05) is 64.2 Å². The van der Waals surface area contributed by atoms with Crippen LogP contribution < -0.4 is 0 Å². The fourth-order valence-electron chi connectivity index (χ4n) is 3.28. The Hall–Kier alpha value is -0.740. The minimum atomic E-state index is -0.0509. The van der Waals surface area contributed by atoms with Crippen LogP contribution in [0.5, 0.6) is 0 Å². The number of aliphatic hydroxyl groups is 1. The number of β-amino-alcohol motifs (C(OH)–C–C–N with tert-alkyl or cyclic N) is 1. The first-order chi connectivity index (χ1) is 12.6. The van der Waals surface area contributed by atoms with Crippen molar-refractivity contribution >= 4 is 12.1 Å². The number of hydrogen-bond acceptors (Lipinski definition) is 4. The highest BCUT2D eigenvalue weighted by Crippen LogP contribution is 2.12. The van der Waals surface area contributed by atoms with E-state index in [0.717, 1.165) is 51.5 Å². The maximum absolute atomic E-state index is 10.7. The minimum absolute atomic E-state index is 0.0509. The Balaban J connectivity index is 0.000000735. The first-order valence-corrected chi connectivity index (χ1v) is 10.9. The Labute approximate surface area is 161 Å². The Morgan fingerprint density at radius 1 is 0.923 bits per heavy atom. The molecule has 4 nitrogen and oxygen atoms in total. The van der Waals surface area contributed by atoms with Crippen molar-refractivity contribution in [3.63, 3.8) is 0 Å². The van der Waals surface area contributed by atoms with Crippen molar-refractivity contribution in [3.8, 4) is 0 Å². The highest BCUT2D eigenvalue weighted by atomic mass is 16.3. The first kappa shape index (κ1) is 25.3. The second kappa shape index (κ2) is 19.0. The zero-order chi connectivity index (χ0) is 19.5. The Morgan fingerprint density at radius 3 is 1.69 bits per heavy atom. The summed E-state index contributed by atoms with van der Waals surface area (Å²) in [5, 5.41) is 8.86. The minimum Gasteiger partial charge on any atom is -0.392 e. The molecule has 1 N–H and O–H groups in total. The lowest BCUT2D eigenvalue weighted by molar-refractivity contribution is -0.117. The molecule has 0 aromatic rings. The van der Waals surface area contributed by atoms with Crippen LogP contribution in [0.15, 0.2) is 0 Å². The van der Waals surface area contributed by atoms with E-state index in [4.69, 9.17) is 5.11 Å². The van der Waals surface area contributed by atoms with Crippen molar-refractivity contribution in [3.05, 3.63) is 0 Å². The number of likely N-dealkylation sites (tertiary alicyclic amines) is 1. The number of Topliss-reactive ketones (excluding diaryl/α,β-unsaturated/α-hetero) is 1. The number of aldehydes is 1. The van der Waals surface area contributed by atoms with Crippen molar-refractivity contribution in [1.29, 1.82) is 0 Å². The first-order valence-electron chi connectivity index (χ1n) is 10.9. The van der Waals surface area contributed by atoms with E-state index >= 15 is 0 Å². The van der Waals surface area contributed by atoms with Gasteiger partial charge in [0.05, 0.1) is 6.10 Å². The van der Waals surface area contributed by atoms with E-state index in [-0.39, 0.29) is 6.10 Å². The lowest BCUT2D eigenvalue weighted by Gasteiger charge is -2.02. The average molecular weight is 370 g/mol. The van der Waals surface area contributed by atoms with Gasteiger partial charge >= 0.3 is 0 Å². The number of carbonyl (C=O) groups is 2. The fraction of sp³-hybridized carbons (Fsp3) is 0.909. The van der Waals surface area contributed by atoms with Crippen LogP contribution in [0.2, 0.25) is 0 Å². The molecular weight excluding hydrogens is 326 g/mol. The standard InChI is InChI=1S/C17H32O2.C5H11NO/c1-17(19)15-13-11-9-7-5-3-2-4-6-8-10-12-14-16-18;1-6-3-2-5(7)4-6/h16H,2-15H2,1H3;5,7H,2-4H2,1H3/t;5-/m.0/s1. The van der Waals surface area contributed by atoms with Gasteiger partial charge in [-0.3, -0.25) is 0 Å². The molecule has 1 heterocycles. The lowest BCUT2D eigenvalue weighted by atomic mass is 10.0. The van der Waals surface area contributed by atoms with Crippen LogP contribution in [0.4, 0.5) is 0 Å². The maximum atomic E-state index is 10.7. The van der Waals surface area contributed by atoms with Gasteiger partial charge in [0.25, 0.3) is 0 Å². The van der Waals surface area contributed by atoms with Gasteiger partial charge in [0.1, 0.15) is 12.1 Å². The number of ketones is 1. The molecule has 1 atom stereocenters. The third-order valence-corrected chi connectivity index (χ3v) is 4.97. The van der Waals surface area contributed by atoms with Crippen LogP contribution >= 0.6 is 0 Å². The van der Waals surface area contributed by atoms with Gasteiger partial charge in [-0.05, 0) is 33.2 Å². The molecule has 1 rings (SSSR count). The number of carbonyl (C=O) groups excluding carboxylic acids is 2. The molecule has 0 aliphatic carbocycles. The van der Waals surface area contributed by atoms with Gasteiger partial charge < -0.3 is 19.6 Å². The van der Waals surface area contributed by atoms with Crippen molar-refractivity contribution in [1.82, 2.24) is 4.90 Å². The van der Waals surface area contributed by atoms with Crippen LogP contribution in [-0.4, -0.2) is 48.3 Å². The summed E-state index contributed by atoms with van der Waals surface area (Å²) in [5.74, 6) is 0.327. The molecule has 0 saturated carbocycles. The Kier molecular flexibility index (Phi) is 18.5. The zero-order valence-electron chi connectivity index (χ0n) is 17.4. The van der Waals surface area contributed by atoms with E-state index in [1.165, 1.54) is 64.2 Å².